The van der Waals surface area contributed by atoms with Gasteiger partial charge in [-0.15, -0.1) is 0 Å². The molecule has 0 radical (unpaired) electrons. The maximum Gasteiger partial charge on any atom is 0.232 e. The predicted octanol–water partition coefficient (Wildman–Crippen LogP) is 4.86. The number of ether oxygens (including phenoxy) is 1. The highest BCUT2D eigenvalue weighted by Gasteiger charge is 2.30. The first-order valence-corrected chi connectivity index (χ1v) is 10.8. The van der Waals surface area contributed by atoms with E-state index in [1.165, 1.54) is 18.4 Å². The number of fused-ring (bicyclic) bond motifs is 2. The number of Topliss-reactive ketones (excluding diaryl/α,β-unsaturated/α-hetero) is 1. The number of rotatable bonds is 4. The Morgan fingerprint density at radius 1 is 1.13 bits per heavy atom. The smallest absolute Gasteiger partial charge is 0.232 e. The fraction of sp³-hybridized carbons (Fsp3) is 0.308. The molecule has 3 aliphatic rings. The second kappa shape index (κ2) is 8.04. The van der Waals surface area contributed by atoms with E-state index in [2.05, 4.69) is 35.5 Å². The molecule has 0 amide bonds. The predicted molar refractivity (Wildman–Crippen MR) is 120 cm³/mol. The minimum atomic E-state index is -0.0647. The van der Waals surface area contributed by atoms with E-state index in [1.54, 1.807) is 6.08 Å². The topological polar surface area (TPSA) is 50.7 Å². The molecule has 0 bridgehead atoms. The van der Waals surface area contributed by atoms with Crippen molar-refractivity contribution in [1.29, 1.82) is 0 Å². The van der Waals surface area contributed by atoms with Crippen molar-refractivity contribution in [1.82, 2.24) is 5.32 Å². The van der Waals surface area contributed by atoms with Crippen LogP contribution in [0.25, 0.3) is 6.08 Å². The van der Waals surface area contributed by atoms with Crippen molar-refractivity contribution in [2.45, 2.75) is 32.7 Å². The molecule has 4 nitrogen and oxygen atoms in total. The third-order valence-corrected chi connectivity index (χ3v) is 6.29. The molecule has 152 valence electrons. The number of benzene rings is 2. The third kappa shape index (κ3) is 3.52. The highest BCUT2D eigenvalue weighted by molar-refractivity contribution is 6.19. The summed E-state index contributed by atoms with van der Waals surface area (Å²) in [5.41, 5.74) is 5.85. The Bertz CT molecular complexity index is 1090. The van der Waals surface area contributed by atoms with Gasteiger partial charge < -0.3 is 10.1 Å². The second-order valence-electron chi connectivity index (χ2n) is 8.30. The number of piperidine rings is 1. The summed E-state index contributed by atoms with van der Waals surface area (Å²) in [6, 6.07) is 12.0. The zero-order valence-corrected chi connectivity index (χ0v) is 17.3. The summed E-state index contributed by atoms with van der Waals surface area (Å²) in [6.07, 6.45) is 9.69. The lowest BCUT2D eigenvalue weighted by molar-refractivity contribution is 0.101. The Kier molecular flexibility index (Phi) is 5.09. The van der Waals surface area contributed by atoms with E-state index in [0.717, 1.165) is 47.8 Å². The molecule has 1 N–H and O–H groups in total. The first kappa shape index (κ1) is 19.0. The lowest BCUT2D eigenvalue weighted by Crippen LogP contribution is -2.27. The van der Waals surface area contributed by atoms with Crippen LogP contribution in [0.1, 0.15) is 51.9 Å². The molecule has 0 unspecified atom stereocenters. The number of nitrogens with one attached hydrogen (secondary N) is 1. The van der Waals surface area contributed by atoms with E-state index >= 15 is 0 Å². The summed E-state index contributed by atoms with van der Waals surface area (Å²) in [6.45, 7) is 4.94. The minimum absolute atomic E-state index is 0.0647. The minimum Gasteiger partial charge on any atom is -0.452 e. The van der Waals surface area contributed by atoms with Gasteiger partial charge in [-0.1, -0.05) is 42.5 Å². The van der Waals surface area contributed by atoms with Crippen molar-refractivity contribution in [3.05, 3.63) is 82.1 Å². The Labute approximate surface area is 177 Å². The molecule has 30 heavy (non-hydrogen) atoms. The van der Waals surface area contributed by atoms with Crippen molar-refractivity contribution in [3.8, 4) is 5.75 Å². The zero-order chi connectivity index (χ0) is 20.5. The Morgan fingerprint density at radius 2 is 1.97 bits per heavy atom. The van der Waals surface area contributed by atoms with E-state index in [0.29, 0.717) is 23.6 Å². The van der Waals surface area contributed by atoms with Gasteiger partial charge in [0.05, 0.1) is 17.8 Å². The number of allylic oxidation sites excluding steroid dienone is 3. The Morgan fingerprint density at radius 3 is 2.83 bits per heavy atom. The molecule has 3 aliphatic heterocycles. The molecule has 1 saturated heterocycles. The van der Waals surface area contributed by atoms with Crippen LogP contribution in [0.15, 0.2) is 59.3 Å². The van der Waals surface area contributed by atoms with Gasteiger partial charge in [-0.2, -0.15) is 0 Å². The van der Waals surface area contributed by atoms with Gasteiger partial charge in [0.15, 0.2) is 5.76 Å². The summed E-state index contributed by atoms with van der Waals surface area (Å²) < 4.78 is 6.12. The molecular formula is C26H26N2O2. The summed E-state index contributed by atoms with van der Waals surface area (Å²) in [5, 5.41) is 3.41. The SMILES string of the molecule is Cc1ccc2c(c1/C=C\CC1CCNCC1)O/C(=C\C1=NCc3ccccc31)C2=O. The van der Waals surface area contributed by atoms with Crippen LogP contribution in [0.4, 0.5) is 0 Å². The third-order valence-electron chi connectivity index (χ3n) is 6.29. The molecule has 2 aromatic rings. The van der Waals surface area contributed by atoms with Crippen LogP contribution in [0.5, 0.6) is 5.75 Å². The highest BCUT2D eigenvalue weighted by Crippen LogP contribution is 2.37. The maximum absolute atomic E-state index is 13.0. The van der Waals surface area contributed by atoms with Crippen molar-refractivity contribution in [2.24, 2.45) is 10.9 Å². The number of hydrogen-bond donors (Lipinski definition) is 1. The van der Waals surface area contributed by atoms with Gasteiger partial charge in [0.25, 0.3) is 0 Å². The number of carbonyl (C=O) groups is 1. The molecule has 0 spiro atoms. The lowest BCUT2D eigenvalue weighted by atomic mass is 9.93. The van der Waals surface area contributed by atoms with Crippen LogP contribution in [0.2, 0.25) is 0 Å². The number of nitrogens with zero attached hydrogens (tertiary/aromatic N) is 1. The summed E-state index contributed by atoms with van der Waals surface area (Å²) >= 11 is 0. The van der Waals surface area contributed by atoms with Crippen LogP contribution in [-0.4, -0.2) is 24.6 Å². The zero-order valence-electron chi connectivity index (χ0n) is 17.3. The van der Waals surface area contributed by atoms with Gasteiger partial charge in [0.1, 0.15) is 5.75 Å². The van der Waals surface area contributed by atoms with Crippen molar-refractivity contribution >= 4 is 17.6 Å². The van der Waals surface area contributed by atoms with E-state index < -0.39 is 0 Å². The van der Waals surface area contributed by atoms with Crippen molar-refractivity contribution in [2.75, 3.05) is 13.1 Å². The average Bonchev–Trinajstić information content (AvgIpc) is 3.32. The van der Waals surface area contributed by atoms with Gasteiger partial charge in [-0.3, -0.25) is 9.79 Å². The number of hydrogen-bond acceptors (Lipinski definition) is 4. The first-order valence-electron chi connectivity index (χ1n) is 10.8. The van der Waals surface area contributed by atoms with Gasteiger partial charge >= 0.3 is 0 Å². The first-order chi connectivity index (χ1) is 14.7. The van der Waals surface area contributed by atoms with Gasteiger partial charge in [0.2, 0.25) is 5.78 Å². The highest BCUT2D eigenvalue weighted by atomic mass is 16.5. The maximum atomic E-state index is 13.0. The molecule has 0 aliphatic carbocycles. The summed E-state index contributed by atoms with van der Waals surface area (Å²) in [5.74, 6) is 1.71. The molecule has 4 heteroatoms. The molecule has 3 heterocycles. The quantitative estimate of drug-likeness (QED) is 0.749. The van der Waals surface area contributed by atoms with Crippen LogP contribution in [0.3, 0.4) is 0 Å². The van der Waals surface area contributed by atoms with Crippen LogP contribution < -0.4 is 10.1 Å². The fourth-order valence-electron chi connectivity index (χ4n) is 4.48. The number of ketones is 1. The van der Waals surface area contributed by atoms with E-state index in [1.807, 2.05) is 30.3 Å². The molecule has 0 saturated carbocycles. The monoisotopic (exact) mass is 398 g/mol. The molecule has 0 atom stereocenters. The lowest BCUT2D eigenvalue weighted by Gasteiger charge is -2.21. The Balaban J connectivity index is 1.40. The standard InChI is InChI=1S/C26H26N2O2/c1-17-9-10-22-25(29)24(15-23-21-7-3-2-6-19(21)16-28-23)30-26(22)20(17)8-4-5-18-11-13-27-14-12-18/h2-4,6-10,15,18,27H,5,11-14,16H2,1H3/b8-4-,24-15-. The summed E-state index contributed by atoms with van der Waals surface area (Å²) in [4.78, 5) is 17.6. The number of carbonyl (C=O) groups excluding carboxylic acids is 1. The molecule has 5 rings (SSSR count). The van der Waals surface area contributed by atoms with E-state index in [4.69, 9.17) is 4.74 Å². The number of aryl methyl sites for hydroxylation is 1. The largest absolute Gasteiger partial charge is 0.452 e. The van der Waals surface area contributed by atoms with Crippen LogP contribution in [0, 0.1) is 12.8 Å². The Hall–Kier alpha value is -2.98. The van der Waals surface area contributed by atoms with Gasteiger partial charge in [-0.05, 0) is 62.4 Å². The molecule has 2 aromatic carbocycles. The number of aliphatic imine (C=N–C) groups is 1. The van der Waals surface area contributed by atoms with Crippen LogP contribution in [-0.2, 0) is 6.54 Å². The summed E-state index contributed by atoms with van der Waals surface area (Å²) in [7, 11) is 0. The van der Waals surface area contributed by atoms with Crippen LogP contribution >= 0.6 is 0 Å². The normalized spacial score (nSPS) is 19.8. The fourth-order valence-corrected chi connectivity index (χ4v) is 4.48. The van der Waals surface area contributed by atoms with Crippen molar-refractivity contribution in [3.63, 3.8) is 0 Å². The molecular weight excluding hydrogens is 372 g/mol. The van der Waals surface area contributed by atoms with Gasteiger partial charge in [0, 0.05) is 17.2 Å². The van der Waals surface area contributed by atoms with Gasteiger partial charge in [-0.25, -0.2) is 0 Å². The molecule has 0 aromatic heterocycles. The van der Waals surface area contributed by atoms with E-state index in [-0.39, 0.29) is 5.78 Å². The average molecular weight is 399 g/mol. The molecule has 1 fully saturated rings. The second-order valence-corrected chi connectivity index (χ2v) is 8.30. The van der Waals surface area contributed by atoms with E-state index in [9.17, 15) is 4.79 Å². The van der Waals surface area contributed by atoms with Crippen molar-refractivity contribution < 1.29 is 9.53 Å².